The number of benzene rings is 1. The van der Waals surface area contributed by atoms with E-state index in [1.807, 2.05) is 25.1 Å². The van der Waals surface area contributed by atoms with Crippen LogP contribution in [-0.2, 0) is 16.2 Å². The zero-order chi connectivity index (χ0) is 12.8. The summed E-state index contributed by atoms with van der Waals surface area (Å²) >= 11 is 0. The van der Waals surface area contributed by atoms with E-state index in [0.29, 0.717) is 16.2 Å². The van der Waals surface area contributed by atoms with Gasteiger partial charge in [0.15, 0.2) is 5.78 Å². The van der Waals surface area contributed by atoms with Gasteiger partial charge in [-0.25, -0.2) is 0 Å². The van der Waals surface area contributed by atoms with Gasteiger partial charge >= 0.3 is 0 Å². The molecule has 0 radical (unpaired) electrons. The van der Waals surface area contributed by atoms with Crippen LogP contribution in [0.1, 0.15) is 43.6 Å². The molecule has 1 aromatic carbocycles. The summed E-state index contributed by atoms with van der Waals surface area (Å²) in [6.07, 6.45) is 0. The lowest BCUT2D eigenvalue weighted by Crippen LogP contribution is -2.26. The highest BCUT2D eigenvalue weighted by Gasteiger charge is 2.30. The van der Waals surface area contributed by atoms with Crippen LogP contribution in [0.15, 0.2) is 23.1 Å². The highest BCUT2D eigenvalue weighted by molar-refractivity contribution is 7.85. The average molecular weight is 250 g/mol. The molecule has 0 saturated heterocycles. The van der Waals surface area contributed by atoms with Crippen LogP contribution in [0.4, 0.5) is 0 Å². The summed E-state index contributed by atoms with van der Waals surface area (Å²) in [6.45, 7) is 8.19. The Kier molecular flexibility index (Phi) is 2.98. The predicted octanol–water partition coefficient (Wildman–Crippen LogP) is 2.92. The van der Waals surface area contributed by atoms with Crippen LogP contribution in [0.25, 0.3) is 0 Å². The van der Waals surface area contributed by atoms with E-state index in [-0.39, 0.29) is 17.1 Å². The molecule has 17 heavy (non-hydrogen) atoms. The minimum Gasteiger partial charge on any atom is -0.294 e. The summed E-state index contributed by atoms with van der Waals surface area (Å²) in [5, 5.41) is 0. The summed E-state index contributed by atoms with van der Waals surface area (Å²) in [5.74, 6) is 0.463. The fraction of sp³-hybridized carbons (Fsp3) is 0.500. The molecule has 0 fully saturated rings. The minimum atomic E-state index is -1.02. The smallest absolute Gasteiger partial charge is 0.167 e. The van der Waals surface area contributed by atoms with Crippen LogP contribution in [0, 0.1) is 5.92 Å². The summed E-state index contributed by atoms with van der Waals surface area (Å²) in [4.78, 5) is 12.8. The number of Topliss-reactive ketones (excluding diaryl/α,β-unsaturated/α-hetero) is 1. The molecule has 3 heteroatoms. The van der Waals surface area contributed by atoms with E-state index < -0.39 is 10.8 Å². The van der Waals surface area contributed by atoms with Crippen molar-refractivity contribution in [2.24, 2.45) is 5.92 Å². The molecule has 0 bridgehead atoms. The molecule has 2 nitrogen and oxygen atoms in total. The number of rotatable bonds is 0. The Labute approximate surface area is 105 Å². The molecule has 1 aliphatic heterocycles. The monoisotopic (exact) mass is 250 g/mol. The molecule has 0 N–H and O–H groups in total. The molecule has 1 aliphatic rings. The third-order valence-electron chi connectivity index (χ3n) is 3.21. The molecule has 1 heterocycles. The first-order valence-corrected chi connectivity index (χ1v) is 7.19. The fourth-order valence-corrected chi connectivity index (χ4v) is 3.46. The second-order valence-corrected chi connectivity index (χ2v) is 7.20. The van der Waals surface area contributed by atoms with E-state index in [4.69, 9.17) is 0 Å². The predicted molar refractivity (Wildman–Crippen MR) is 69.9 cm³/mol. The molecule has 2 atom stereocenters. The van der Waals surface area contributed by atoms with Crippen molar-refractivity contribution in [1.82, 2.24) is 0 Å². The Morgan fingerprint density at radius 3 is 2.53 bits per heavy atom. The largest absolute Gasteiger partial charge is 0.294 e. The van der Waals surface area contributed by atoms with E-state index in [0.717, 1.165) is 5.56 Å². The highest BCUT2D eigenvalue weighted by Crippen LogP contribution is 2.30. The average Bonchev–Trinajstić information content (AvgIpc) is 2.24. The van der Waals surface area contributed by atoms with E-state index >= 15 is 0 Å². The molecular formula is C14H18O2S. The number of ketones is 1. The van der Waals surface area contributed by atoms with Crippen molar-refractivity contribution in [3.8, 4) is 0 Å². The molecule has 0 spiro atoms. The van der Waals surface area contributed by atoms with Gasteiger partial charge < -0.3 is 0 Å². The molecule has 0 amide bonds. The lowest BCUT2D eigenvalue weighted by atomic mass is 9.85. The molecule has 92 valence electrons. The van der Waals surface area contributed by atoms with Gasteiger partial charge in [0.2, 0.25) is 0 Å². The topological polar surface area (TPSA) is 34.1 Å². The van der Waals surface area contributed by atoms with Crippen LogP contribution in [0.2, 0.25) is 0 Å². The van der Waals surface area contributed by atoms with Crippen LogP contribution < -0.4 is 0 Å². The van der Waals surface area contributed by atoms with Crippen LogP contribution in [-0.4, -0.2) is 15.7 Å². The van der Waals surface area contributed by atoms with Gasteiger partial charge in [-0.3, -0.25) is 9.00 Å². The highest BCUT2D eigenvalue weighted by atomic mass is 32.2. The molecule has 1 aromatic rings. The molecule has 0 aliphatic carbocycles. The summed E-state index contributed by atoms with van der Waals surface area (Å²) in [6, 6.07) is 5.76. The molecule has 0 aromatic heterocycles. The third-order valence-corrected chi connectivity index (χ3v) is 4.85. The third kappa shape index (κ3) is 2.21. The molecular weight excluding hydrogens is 232 g/mol. The summed E-state index contributed by atoms with van der Waals surface area (Å²) < 4.78 is 12.0. The van der Waals surface area contributed by atoms with Gasteiger partial charge in [0.25, 0.3) is 0 Å². The van der Waals surface area contributed by atoms with E-state index in [1.165, 1.54) is 0 Å². The van der Waals surface area contributed by atoms with Crippen molar-refractivity contribution in [3.05, 3.63) is 29.3 Å². The number of fused-ring (bicyclic) bond motifs is 1. The van der Waals surface area contributed by atoms with Crippen molar-refractivity contribution in [1.29, 1.82) is 0 Å². The van der Waals surface area contributed by atoms with Crippen LogP contribution >= 0.6 is 0 Å². The van der Waals surface area contributed by atoms with E-state index in [9.17, 15) is 9.00 Å². The summed E-state index contributed by atoms with van der Waals surface area (Å²) in [5.41, 5.74) is 1.79. The number of hydrogen-bond donors (Lipinski definition) is 0. The molecule has 2 rings (SSSR count). The fourth-order valence-electron chi connectivity index (χ4n) is 2.05. The maximum atomic E-state index is 12.1. The summed E-state index contributed by atoms with van der Waals surface area (Å²) in [7, 11) is -1.02. The Morgan fingerprint density at radius 1 is 1.29 bits per heavy atom. The normalized spacial score (nSPS) is 24.6. The Balaban J connectivity index is 2.58. The minimum absolute atomic E-state index is 0.0114. The van der Waals surface area contributed by atoms with Gasteiger partial charge in [-0.1, -0.05) is 33.8 Å². The van der Waals surface area contributed by atoms with Crippen molar-refractivity contribution in [2.75, 3.05) is 5.75 Å². The number of hydrogen-bond acceptors (Lipinski definition) is 2. The Morgan fingerprint density at radius 2 is 1.94 bits per heavy atom. The van der Waals surface area contributed by atoms with Crippen molar-refractivity contribution in [2.45, 2.75) is 38.0 Å². The second-order valence-electron chi connectivity index (χ2n) is 5.74. The Bertz CT molecular complexity index is 497. The van der Waals surface area contributed by atoms with Gasteiger partial charge in [-0.2, -0.15) is 0 Å². The Hall–Kier alpha value is -0.960. The van der Waals surface area contributed by atoms with Gasteiger partial charge in [-0.15, -0.1) is 0 Å². The van der Waals surface area contributed by atoms with Crippen molar-refractivity contribution in [3.63, 3.8) is 0 Å². The second kappa shape index (κ2) is 4.05. The first-order valence-electron chi connectivity index (χ1n) is 5.88. The SMILES string of the molecule is CC1CS(=O)c2ccc(C(C)(C)C)cc2C1=O. The lowest BCUT2D eigenvalue weighted by molar-refractivity contribution is 0.0935. The first kappa shape index (κ1) is 12.5. The van der Waals surface area contributed by atoms with Crippen molar-refractivity contribution >= 4 is 16.6 Å². The maximum absolute atomic E-state index is 12.1. The maximum Gasteiger partial charge on any atom is 0.167 e. The standard InChI is InChI=1S/C14H18O2S/c1-9-8-17(16)12-6-5-10(14(2,3)4)7-11(12)13(9)15/h5-7,9H,8H2,1-4H3. The lowest BCUT2D eigenvalue weighted by Gasteiger charge is -2.24. The van der Waals surface area contributed by atoms with Crippen molar-refractivity contribution < 1.29 is 9.00 Å². The number of carbonyl (C=O) groups excluding carboxylic acids is 1. The van der Waals surface area contributed by atoms with E-state index in [1.54, 1.807) is 0 Å². The van der Waals surface area contributed by atoms with Gasteiger partial charge in [0.1, 0.15) is 0 Å². The van der Waals surface area contributed by atoms with Crippen LogP contribution in [0.3, 0.4) is 0 Å². The zero-order valence-corrected chi connectivity index (χ0v) is 11.6. The number of carbonyl (C=O) groups is 1. The zero-order valence-electron chi connectivity index (χ0n) is 10.7. The van der Waals surface area contributed by atoms with Gasteiger partial charge in [0, 0.05) is 22.1 Å². The molecule has 0 saturated carbocycles. The first-order chi connectivity index (χ1) is 7.80. The van der Waals surface area contributed by atoms with E-state index in [2.05, 4.69) is 20.8 Å². The van der Waals surface area contributed by atoms with Gasteiger partial charge in [-0.05, 0) is 23.1 Å². The van der Waals surface area contributed by atoms with Gasteiger partial charge in [0.05, 0.1) is 10.8 Å². The quantitative estimate of drug-likeness (QED) is 0.709. The van der Waals surface area contributed by atoms with Crippen LogP contribution in [0.5, 0.6) is 0 Å². The molecule has 2 unspecified atom stereocenters.